The minimum atomic E-state index is -2.44. The quantitative estimate of drug-likeness (QED) is 0.427. The van der Waals surface area contributed by atoms with E-state index in [1.165, 1.54) is 0 Å². The molecule has 0 unspecified atom stereocenters. The second kappa shape index (κ2) is 12.4. The molecule has 8 nitrogen and oxygen atoms in total. The summed E-state index contributed by atoms with van der Waals surface area (Å²) < 4.78 is 27.4. The van der Waals surface area contributed by atoms with Crippen LogP contribution in [0.25, 0.3) is 0 Å². The molecule has 1 atom stereocenters. The van der Waals surface area contributed by atoms with E-state index in [4.69, 9.17) is 4.74 Å². The smallest absolute Gasteiger partial charge is 0.326 e. The summed E-state index contributed by atoms with van der Waals surface area (Å²) in [6, 6.07) is 16.0. The molecular formula is C24H30N2O6S. The van der Waals surface area contributed by atoms with Crippen molar-refractivity contribution >= 4 is 22.6 Å². The molecule has 1 heterocycles. The number of carboxylic acids is 1. The number of ether oxygens (including phenoxy) is 1. The van der Waals surface area contributed by atoms with Crippen molar-refractivity contribution in [3.8, 4) is 5.75 Å². The van der Waals surface area contributed by atoms with Gasteiger partial charge in [-0.05, 0) is 55.1 Å². The van der Waals surface area contributed by atoms with Gasteiger partial charge in [-0.25, -0.2) is 13.2 Å². The standard InChI is InChI=1S/C24H30N2O6S/c27-23(15-19-10-12-26(13-11-19)17-33(30)31)25-22(24(28)29)14-18-6-8-21(9-7-18)32-16-20-4-2-1-3-5-20/h1-9,19,22,33H,10-17H2,(H,25,27)(H,28,29)/t22-/m0/s1. The van der Waals surface area contributed by atoms with Crippen LogP contribution in [0, 0.1) is 5.92 Å². The maximum Gasteiger partial charge on any atom is 0.326 e. The molecule has 2 aromatic rings. The van der Waals surface area contributed by atoms with E-state index in [2.05, 4.69) is 5.32 Å². The molecule has 1 aliphatic rings. The first kappa shape index (κ1) is 24.7. The molecule has 0 spiro atoms. The van der Waals surface area contributed by atoms with Gasteiger partial charge in [0.05, 0.1) is 5.88 Å². The Bertz CT molecular complexity index is 978. The molecule has 0 saturated carbocycles. The van der Waals surface area contributed by atoms with E-state index in [0.717, 1.165) is 24.0 Å². The summed E-state index contributed by atoms with van der Waals surface area (Å²) in [4.78, 5) is 26.0. The number of nitrogens with one attached hydrogen (secondary N) is 1. The largest absolute Gasteiger partial charge is 0.489 e. The first-order valence-electron chi connectivity index (χ1n) is 11.0. The Morgan fingerprint density at radius 3 is 2.30 bits per heavy atom. The van der Waals surface area contributed by atoms with Crippen molar-refractivity contribution in [1.82, 2.24) is 10.2 Å². The van der Waals surface area contributed by atoms with Crippen molar-refractivity contribution in [3.63, 3.8) is 0 Å². The number of piperidine rings is 1. The number of carbonyl (C=O) groups excluding carboxylic acids is 1. The first-order valence-corrected chi connectivity index (χ1v) is 12.4. The number of likely N-dealkylation sites (tertiary alicyclic amines) is 1. The van der Waals surface area contributed by atoms with Crippen LogP contribution in [0.15, 0.2) is 54.6 Å². The van der Waals surface area contributed by atoms with E-state index in [9.17, 15) is 23.1 Å². The fourth-order valence-electron chi connectivity index (χ4n) is 3.91. The molecule has 0 bridgehead atoms. The van der Waals surface area contributed by atoms with Gasteiger partial charge in [-0.2, -0.15) is 0 Å². The van der Waals surface area contributed by atoms with E-state index in [-0.39, 0.29) is 30.5 Å². The van der Waals surface area contributed by atoms with Crippen molar-refractivity contribution in [3.05, 3.63) is 65.7 Å². The van der Waals surface area contributed by atoms with E-state index < -0.39 is 22.7 Å². The van der Waals surface area contributed by atoms with Crippen LogP contribution in [-0.2, 0) is 33.3 Å². The number of aliphatic carboxylic acids is 1. The van der Waals surface area contributed by atoms with Crippen LogP contribution >= 0.6 is 0 Å². The number of hydrogen-bond donors (Lipinski definition) is 3. The van der Waals surface area contributed by atoms with Gasteiger partial charge in [0, 0.05) is 12.8 Å². The first-order chi connectivity index (χ1) is 15.9. The van der Waals surface area contributed by atoms with Gasteiger partial charge in [0.1, 0.15) is 18.4 Å². The van der Waals surface area contributed by atoms with Crippen LogP contribution in [0.3, 0.4) is 0 Å². The van der Waals surface area contributed by atoms with Crippen molar-refractivity contribution in [1.29, 1.82) is 0 Å². The Balaban J connectivity index is 1.46. The summed E-state index contributed by atoms with van der Waals surface area (Å²) in [7, 11) is -2.44. The lowest BCUT2D eigenvalue weighted by Crippen LogP contribution is -2.43. The van der Waals surface area contributed by atoms with E-state index in [1.807, 2.05) is 35.2 Å². The lowest BCUT2D eigenvalue weighted by molar-refractivity contribution is -0.142. The topological polar surface area (TPSA) is 113 Å². The van der Waals surface area contributed by atoms with Gasteiger partial charge in [-0.15, -0.1) is 0 Å². The molecule has 0 aliphatic carbocycles. The van der Waals surface area contributed by atoms with Crippen LogP contribution in [0.5, 0.6) is 5.75 Å². The Morgan fingerprint density at radius 1 is 1.03 bits per heavy atom. The summed E-state index contributed by atoms with van der Waals surface area (Å²) in [5.41, 5.74) is 1.84. The highest BCUT2D eigenvalue weighted by molar-refractivity contribution is 7.72. The molecule has 1 fully saturated rings. The maximum atomic E-state index is 12.4. The molecule has 2 N–H and O–H groups in total. The summed E-state index contributed by atoms with van der Waals surface area (Å²) in [5, 5.41) is 12.2. The lowest BCUT2D eigenvalue weighted by Gasteiger charge is -2.30. The SMILES string of the molecule is O=C(CC1CCN(C[SH](=O)=O)CC1)N[C@@H](Cc1ccc(OCc2ccccc2)cc1)C(=O)O. The zero-order chi connectivity index (χ0) is 23.6. The lowest BCUT2D eigenvalue weighted by atomic mass is 9.93. The number of rotatable bonds is 11. The van der Waals surface area contributed by atoms with Crippen molar-refractivity contribution in [2.24, 2.45) is 5.92 Å². The summed E-state index contributed by atoms with van der Waals surface area (Å²) in [6.45, 7) is 1.70. The minimum absolute atomic E-state index is 0.0470. The molecule has 1 aliphatic heterocycles. The predicted molar refractivity (Wildman–Crippen MR) is 125 cm³/mol. The molecule has 1 amide bonds. The minimum Gasteiger partial charge on any atom is -0.489 e. The summed E-state index contributed by atoms with van der Waals surface area (Å²) >= 11 is 0. The molecule has 2 aromatic carbocycles. The Hall–Kier alpha value is -2.91. The van der Waals surface area contributed by atoms with E-state index >= 15 is 0 Å². The van der Waals surface area contributed by atoms with E-state index in [1.54, 1.807) is 24.3 Å². The number of amides is 1. The third-order valence-corrected chi connectivity index (χ3v) is 6.37. The van der Waals surface area contributed by atoms with Crippen LogP contribution in [0.2, 0.25) is 0 Å². The second-order valence-electron chi connectivity index (χ2n) is 8.32. The molecule has 3 rings (SSSR count). The Morgan fingerprint density at radius 2 is 1.70 bits per heavy atom. The van der Waals surface area contributed by atoms with Gasteiger partial charge in [0.15, 0.2) is 10.7 Å². The number of hydrogen-bond acceptors (Lipinski definition) is 6. The Kier molecular flexibility index (Phi) is 9.26. The molecule has 0 radical (unpaired) electrons. The van der Waals surface area contributed by atoms with Gasteiger partial charge in [0.25, 0.3) is 0 Å². The number of thiol groups is 1. The fourth-order valence-corrected chi connectivity index (χ4v) is 4.52. The van der Waals surface area contributed by atoms with Gasteiger partial charge >= 0.3 is 5.97 Å². The van der Waals surface area contributed by atoms with Crippen molar-refractivity contribution in [2.75, 3.05) is 19.0 Å². The fraction of sp³-hybridized carbons (Fsp3) is 0.417. The predicted octanol–water partition coefficient (Wildman–Crippen LogP) is 2.05. The average molecular weight is 475 g/mol. The van der Waals surface area contributed by atoms with Gasteiger partial charge < -0.3 is 15.2 Å². The third kappa shape index (κ3) is 8.51. The number of carbonyl (C=O) groups is 2. The third-order valence-electron chi connectivity index (χ3n) is 5.74. The van der Waals surface area contributed by atoms with Crippen LogP contribution in [0.1, 0.15) is 30.4 Å². The zero-order valence-corrected chi connectivity index (χ0v) is 19.3. The molecule has 33 heavy (non-hydrogen) atoms. The molecule has 178 valence electrons. The van der Waals surface area contributed by atoms with Crippen LogP contribution < -0.4 is 10.1 Å². The average Bonchev–Trinajstić information content (AvgIpc) is 2.80. The highest BCUT2D eigenvalue weighted by Crippen LogP contribution is 2.21. The zero-order valence-electron chi connectivity index (χ0n) is 18.4. The summed E-state index contributed by atoms with van der Waals surface area (Å²) in [6.07, 6.45) is 1.86. The second-order valence-corrected chi connectivity index (χ2v) is 9.27. The molecule has 0 aromatic heterocycles. The van der Waals surface area contributed by atoms with Crippen molar-refractivity contribution < 1.29 is 27.9 Å². The van der Waals surface area contributed by atoms with Gasteiger partial charge in [0.2, 0.25) is 5.91 Å². The van der Waals surface area contributed by atoms with Crippen molar-refractivity contribution in [2.45, 2.75) is 38.3 Å². The molecule has 9 heteroatoms. The highest BCUT2D eigenvalue weighted by atomic mass is 32.2. The number of carboxylic acid groups (broad SMARTS) is 1. The number of nitrogens with zero attached hydrogens (tertiary/aromatic N) is 1. The molecule has 1 saturated heterocycles. The van der Waals surface area contributed by atoms with Gasteiger partial charge in [-0.1, -0.05) is 42.5 Å². The van der Waals surface area contributed by atoms with Gasteiger partial charge in [-0.3, -0.25) is 9.69 Å². The number of benzene rings is 2. The molecular weight excluding hydrogens is 444 g/mol. The summed E-state index contributed by atoms with van der Waals surface area (Å²) in [5.74, 6) is -0.515. The highest BCUT2D eigenvalue weighted by Gasteiger charge is 2.25. The normalized spacial score (nSPS) is 15.8. The van der Waals surface area contributed by atoms with Crippen LogP contribution in [0.4, 0.5) is 0 Å². The maximum absolute atomic E-state index is 12.4. The van der Waals surface area contributed by atoms with E-state index in [0.29, 0.717) is 25.4 Å². The monoisotopic (exact) mass is 474 g/mol. The Labute approximate surface area is 195 Å². The van der Waals surface area contributed by atoms with Crippen LogP contribution in [-0.4, -0.2) is 55.3 Å².